The molecule has 0 radical (unpaired) electrons. The van der Waals surface area contributed by atoms with Crippen molar-refractivity contribution in [1.82, 2.24) is 0 Å². The average molecular weight is 163 g/mol. The Labute approximate surface area is 65.9 Å². The van der Waals surface area contributed by atoms with Gasteiger partial charge in [-0.2, -0.15) is 13.5 Å². The number of hydrogen-bond acceptors (Lipinski definition) is 0. The molecule has 1 aliphatic rings. The van der Waals surface area contributed by atoms with Gasteiger partial charge in [-0.05, 0) is 13.3 Å². The summed E-state index contributed by atoms with van der Waals surface area (Å²) in [5, 5.41) is 0. The number of hydrogen-bond donors (Lipinski definition) is 0. The lowest BCUT2D eigenvalue weighted by Crippen LogP contribution is -1.85. The molecule has 0 saturated carbocycles. The minimum absolute atomic E-state index is 0. The molecule has 9 heavy (non-hydrogen) atoms. The summed E-state index contributed by atoms with van der Waals surface area (Å²) in [5.74, 6) is 3.50. The van der Waals surface area contributed by atoms with Crippen LogP contribution < -0.4 is 0 Å². The van der Waals surface area contributed by atoms with E-state index in [1.807, 2.05) is 0 Å². The van der Waals surface area contributed by atoms with Crippen LogP contribution in [0.3, 0.4) is 0 Å². The Kier molecular flexibility index (Phi) is 4.61. The fourth-order valence-corrected chi connectivity index (χ4v) is 3.43. The summed E-state index contributed by atoms with van der Waals surface area (Å²) in [6.07, 6.45) is 4.38. The second-order valence-electron chi connectivity index (χ2n) is 2.54. The van der Waals surface area contributed by atoms with Crippen molar-refractivity contribution in [1.29, 1.82) is 0 Å². The van der Waals surface area contributed by atoms with E-state index >= 15 is 0 Å². The molecule has 1 aliphatic heterocycles. The van der Waals surface area contributed by atoms with Gasteiger partial charge in [-0.3, -0.25) is 0 Å². The van der Waals surface area contributed by atoms with Gasteiger partial charge in [-0.1, -0.05) is 6.92 Å². The molecule has 0 spiro atoms. The van der Waals surface area contributed by atoms with Gasteiger partial charge in [0.15, 0.2) is 0 Å². The van der Waals surface area contributed by atoms with Crippen LogP contribution in [-0.4, -0.2) is 18.1 Å². The first-order valence-corrected chi connectivity index (χ1v) is 5.20. The summed E-state index contributed by atoms with van der Waals surface area (Å²) in [4.78, 5) is 0. The van der Waals surface area contributed by atoms with E-state index in [-0.39, 0.29) is 13.5 Å². The van der Waals surface area contributed by atoms with Gasteiger partial charge in [0.2, 0.25) is 0 Å². The standard InChI is InChI=1S/C7H14P.H2S/c1-3-8-5-4-7(2)6-8;/h6-7H,3-5H2,1-2H3;1H2/q+1;. The van der Waals surface area contributed by atoms with Gasteiger partial charge < -0.3 is 0 Å². The van der Waals surface area contributed by atoms with Crippen LogP contribution in [0.25, 0.3) is 0 Å². The molecule has 0 aromatic carbocycles. The van der Waals surface area contributed by atoms with Crippen LogP contribution in [0.4, 0.5) is 0 Å². The van der Waals surface area contributed by atoms with Crippen molar-refractivity contribution in [2.24, 2.45) is 5.92 Å². The third-order valence-corrected chi connectivity index (χ3v) is 4.32. The first kappa shape index (κ1) is 9.52. The highest BCUT2D eigenvalue weighted by molar-refractivity contribution is 7.59. The fraction of sp³-hybridized carbons (Fsp3) is 0.857. The van der Waals surface area contributed by atoms with E-state index in [1.165, 1.54) is 18.7 Å². The Bertz CT molecular complexity index is 109. The lowest BCUT2D eigenvalue weighted by atomic mass is 10.2. The van der Waals surface area contributed by atoms with E-state index in [4.69, 9.17) is 0 Å². The van der Waals surface area contributed by atoms with Crippen LogP contribution >= 0.6 is 21.0 Å². The quantitative estimate of drug-likeness (QED) is 0.521. The maximum atomic E-state index is 2.56. The Morgan fingerprint density at radius 2 is 2.33 bits per heavy atom. The molecule has 1 rings (SSSR count). The van der Waals surface area contributed by atoms with Gasteiger partial charge in [0.1, 0.15) is 12.3 Å². The zero-order valence-electron chi connectivity index (χ0n) is 6.22. The van der Waals surface area contributed by atoms with Gasteiger partial charge >= 0.3 is 0 Å². The van der Waals surface area contributed by atoms with E-state index in [2.05, 4.69) is 19.6 Å². The van der Waals surface area contributed by atoms with Crippen molar-refractivity contribution in [3.05, 3.63) is 0 Å². The molecule has 0 nitrogen and oxygen atoms in total. The fourth-order valence-electron chi connectivity index (χ4n) is 1.14. The molecule has 0 aromatic heterocycles. The molecule has 0 saturated heterocycles. The topological polar surface area (TPSA) is 0 Å². The van der Waals surface area contributed by atoms with Crippen LogP contribution in [0, 0.1) is 5.92 Å². The molecule has 2 unspecified atom stereocenters. The van der Waals surface area contributed by atoms with E-state index in [0.29, 0.717) is 7.55 Å². The lowest BCUT2D eigenvalue weighted by Gasteiger charge is -1.83. The van der Waals surface area contributed by atoms with Gasteiger partial charge in [0, 0.05) is 5.92 Å². The molecule has 1 heterocycles. The zero-order chi connectivity index (χ0) is 5.98. The molecule has 0 N–H and O–H groups in total. The van der Waals surface area contributed by atoms with E-state index < -0.39 is 0 Å². The van der Waals surface area contributed by atoms with Crippen molar-refractivity contribution in [3.8, 4) is 0 Å². The van der Waals surface area contributed by atoms with E-state index in [9.17, 15) is 0 Å². The van der Waals surface area contributed by atoms with Crippen LogP contribution in [0.15, 0.2) is 0 Å². The highest BCUT2D eigenvalue weighted by Crippen LogP contribution is 2.31. The predicted octanol–water partition coefficient (Wildman–Crippen LogP) is 2.44. The van der Waals surface area contributed by atoms with Crippen molar-refractivity contribution >= 4 is 26.8 Å². The van der Waals surface area contributed by atoms with Crippen molar-refractivity contribution < 1.29 is 0 Å². The third kappa shape index (κ3) is 2.73. The molecule has 0 bridgehead atoms. The second kappa shape index (κ2) is 4.35. The lowest BCUT2D eigenvalue weighted by molar-refractivity contribution is 0.781. The van der Waals surface area contributed by atoms with Gasteiger partial charge in [0.05, 0.1) is 13.3 Å². The molecule has 0 amide bonds. The van der Waals surface area contributed by atoms with Crippen molar-refractivity contribution in [2.75, 3.05) is 12.3 Å². The Morgan fingerprint density at radius 1 is 1.67 bits per heavy atom. The summed E-state index contributed by atoms with van der Waals surface area (Å²) < 4.78 is 0. The van der Waals surface area contributed by atoms with Crippen LogP contribution in [0.1, 0.15) is 20.3 Å². The maximum Gasteiger partial charge on any atom is 0.107 e. The largest absolute Gasteiger partial charge is 0.197 e. The van der Waals surface area contributed by atoms with E-state index in [1.54, 1.807) is 0 Å². The average Bonchev–Trinajstić information content (AvgIpc) is 2.14. The van der Waals surface area contributed by atoms with Crippen LogP contribution in [0.5, 0.6) is 0 Å². The molecule has 0 aliphatic carbocycles. The molecule has 2 atom stereocenters. The highest BCUT2D eigenvalue weighted by Gasteiger charge is 2.18. The van der Waals surface area contributed by atoms with Crippen molar-refractivity contribution in [2.45, 2.75) is 20.3 Å². The molecule has 54 valence electrons. The summed E-state index contributed by atoms with van der Waals surface area (Å²) in [6, 6.07) is 0. The highest BCUT2D eigenvalue weighted by atomic mass is 32.1. The molecule has 0 aromatic rings. The zero-order valence-corrected chi connectivity index (χ0v) is 8.12. The molecule has 2 heteroatoms. The molecular weight excluding hydrogens is 147 g/mol. The Hall–Kier alpha value is 0.520. The molecule has 0 fully saturated rings. The second-order valence-corrected chi connectivity index (χ2v) is 5.10. The smallest absolute Gasteiger partial charge is 0.107 e. The Balaban J connectivity index is 0.000000640. The molecular formula is C7H16PS+. The first-order valence-electron chi connectivity index (χ1n) is 3.42. The maximum absolute atomic E-state index is 2.56. The third-order valence-electron chi connectivity index (χ3n) is 1.74. The van der Waals surface area contributed by atoms with Gasteiger partial charge in [-0.15, -0.1) is 0 Å². The van der Waals surface area contributed by atoms with Crippen molar-refractivity contribution in [3.63, 3.8) is 0 Å². The summed E-state index contributed by atoms with van der Waals surface area (Å²) >= 11 is 0. The van der Waals surface area contributed by atoms with Crippen LogP contribution in [-0.2, 0) is 0 Å². The van der Waals surface area contributed by atoms with Gasteiger partial charge in [0.25, 0.3) is 0 Å². The van der Waals surface area contributed by atoms with Gasteiger partial charge in [-0.25, -0.2) is 0 Å². The summed E-state index contributed by atoms with van der Waals surface area (Å²) in [7, 11) is 0.393. The minimum atomic E-state index is 0. The first-order chi connectivity index (χ1) is 3.83. The minimum Gasteiger partial charge on any atom is -0.197 e. The predicted molar refractivity (Wildman–Crippen MR) is 52.6 cm³/mol. The number of rotatable bonds is 1. The Morgan fingerprint density at radius 3 is 2.56 bits per heavy atom. The normalized spacial score (nSPS) is 29.1. The van der Waals surface area contributed by atoms with Crippen LogP contribution in [0.2, 0.25) is 0 Å². The SMILES string of the molecule is CC[P+]1=CC(C)CC1.S. The monoisotopic (exact) mass is 163 g/mol. The van der Waals surface area contributed by atoms with E-state index in [0.717, 1.165) is 5.92 Å². The summed E-state index contributed by atoms with van der Waals surface area (Å²) in [6.45, 7) is 4.64. The summed E-state index contributed by atoms with van der Waals surface area (Å²) in [5.41, 5.74) is 0.